The van der Waals surface area contributed by atoms with Gasteiger partial charge in [-0.05, 0) is 42.3 Å². The molecular weight excluding hydrogens is 357 g/mol. The fourth-order valence-electron chi connectivity index (χ4n) is 2.70. The van der Waals surface area contributed by atoms with Crippen LogP contribution in [0.1, 0.15) is 21.5 Å². The van der Waals surface area contributed by atoms with Crippen LogP contribution < -0.4 is 10.1 Å². The van der Waals surface area contributed by atoms with Gasteiger partial charge in [-0.25, -0.2) is 4.39 Å². The van der Waals surface area contributed by atoms with Crippen LogP contribution in [0.5, 0.6) is 5.75 Å². The maximum Gasteiger partial charge on any atom is 0.257 e. The van der Waals surface area contributed by atoms with E-state index >= 15 is 0 Å². The van der Waals surface area contributed by atoms with E-state index in [1.807, 2.05) is 18.2 Å². The molecule has 1 N–H and O–H groups in total. The van der Waals surface area contributed by atoms with E-state index in [0.29, 0.717) is 35.4 Å². The summed E-state index contributed by atoms with van der Waals surface area (Å²) in [6.07, 6.45) is 0.411. The summed E-state index contributed by atoms with van der Waals surface area (Å²) in [5, 5.41) is 2.70. The van der Waals surface area contributed by atoms with Crippen LogP contribution in [0.25, 0.3) is 0 Å². The maximum atomic E-state index is 13.5. The van der Waals surface area contributed by atoms with Crippen LogP contribution in [0.4, 0.5) is 4.39 Å². The highest BCUT2D eigenvalue weighted by atomic mass is 19.1. The van der Waals surface area contributed by atoms with Crippen LogP contribution in [0.2, 0.25) is 0 Å². The monoisotopic (exact) mass is 377 g/mol. The third-order valence-corrected chi connectivity index (χ3v) is 4.20. The van der Waals surface area contributed by atoms with Crippen LogP contribution in [-0.2, 0) is 11.2 Å². The number of halogens is 1. The zero-order valence-corrected chi connectivity index (χ0v) is 15.2. The predicted octanol–water partition coefficient (Wildman–Crippen LogP) is 3.79. The molecule has 0 saturated heterocycles. The topological polar surface area (TPSA) is 55.4 Å². The lowest BCUT2D eigenvalue weighted by atomic mass is 10.0. The van der Waals surface area contributed by atoms with E-state index in [0.717, 1.165) is 0 Å². The van der Waals surface area contributed by atoms with E-state index in [4.69, 9.17) is 4.74 Å². The van der Waals surface area contributed by atoms with Crippen LogP contribution in [-0.4, -0.2) is 24.8 Å². The minimum atomic E-state index is -0.291. The molecule has 0 radical (unpaired) electrons. The maximum absolute atomic E-state index is 13.5. The minimum absolute atomic E-state index is 0.0713. The summed E-state index contributed by atoms with van der Waals surface area (Å²) in [6.45, 7) is 0.177. The van der Waals surface area contributed by atoms with Crippen molar-refractivity contribution in [2.45, 2.75) is 6.42 Å². The molecule has 0 aliphatic heterocycles. The number of nitrogens with one attached hydrogen (secondary N) is 1. The van der Waals surface area contributed by atoms with Crippen molar-refractivity contribution in [2.24, 2.45) is 0 Å². The second-order valence-electron chi connectivity index (χ2n) is 6.20. The standard InChI is InChI=1S/C23H20FNO3/c24-21-9-5-4-6-17(21)14-15-25-22(26)16-28-20-12-10-19(11-13-20)23(27)18-7-2-1-3-8-18/h1-13H,14-16H2,(H,25,26). The van der Waals surface area contributed by atoms with E-state index in [1.165, 1.54) is 6.07 Å². The Balaban J connectivity index is 1.45. The molecule has 0 saturated carbocycles. The van der Waals surface area contributed by atoms with Crippen molar-refractivity contribution in [3.63, 3.8) is 0 Å². The lowest BCUT2D eigenvalue weighted by molar-refractivity contribution is -0.123. The molecule has 0 bridgehead atoms. The smallest absolute Gasteiger partial charge is 0.257 e. The molecule has 0 aliphatic rings. The number of amides is 1. The van der Waals surface area contributed by atoms with Gasteiger partial charge in [0.2, 0.25) is 0 Å². The van der Waals surface area contributed by atoms with Gasteiger partial charge in [0.25, 0.3) is 5.91 Å². The summed E-state index contributed by atoms with van der Waals surface area (Å²) >= 11 is 0. The summed E-state index contributed by atoms with van der Waals surface area (Å²) in [5.74, 6) is -0.147. The molecule has 0 spiro atoms. The van der Waals surface area contributed by atoms with Gasteiger partial charge >= 0.3 is 0 Å². The van der Waals surface area contributed by atoms with Crippen LogP contribution in [0, 0.1) is 5.82 Å². The molecule has 0 fully saturated rings. The normalized spacial score (nSPS) is 10.3. The highest BCUT2D eigenvalue weighted by Gasteiger charge is 2.09. The average molecular weight is 377 g/mol. The number of rotatable bonds is 8. The molecule has 0 heterocycles. The number of carbonyl (C=O) groups excluding carboxylic acids is 2. The van der Waals surface area contributed by atoms with Gasteiger partial charge in [0.1, 0.15) is 11.6 Å². The molecule has 3 rings (SSSR count). The summed E-state index contributed by atoms with van der Waals surface area (Å²) in [6, 6.07) is 22.1. The Morgan fingerprint density at radius 3 is 2.18 bits per heavy atom. The second-order valence-corrected chi connectivity index (χ2v) is 6.20. The molecule has 3 aromatic carbocycles. The van der Waals surface area contributed by atoms with E-state index in [2.05, 4.69) is 5.32 Å². The van der Waals surface area contributed by atoms with Crippen molar-refractivity contribution in [1.82, 2.24) is 5.32 Å². The van der Waals surface area contributed by atoms with Crippen molar-refractivity contribution in [2.75, 3.05) is 13.2 Å². The number of hydrogen-bond acceptors (Lipinski definition) is 3. The first-order valence-electron chi connectivity index (χ1n) is 8.96. The quantitative estimate of drug-likeness (QED) is 0.608. The molecule has 0 aliphatic carbocycles. The molecule has 1 amide bonds. The van der Waals surface area contributed by atoms with Gasteiger partial charge < -0.3 is 10.1 Å². The van der Waals surface area contributed by atoms with E-state index < -0.39 is 0 Å². The van der Waals surface area contributed by atoms with Gasteiger partial charge in [0, 0.05) is 17.7 Å². The summed E-state index contributed by atoms with van der Waals surface area (Å²) in [7, 11) is 0. The molecule has 3 aromatic rings. The number of ketones is 1. The zero-order chi connectivity index (χ0) is 19.8. The molecule has 4 nitrogen and oxygen atoms in total. The third-order valence-electron chi connectivity index (χ3n) is 4.20. The van der Waals surface area contributed by atoms with E-state index in [9.17, 15) is 14.0 Å². The molecule has 0 atom stereocenters. The Morgan fingerprint density at radius 2 is 1.46 bits per heavy atom. The molecule has 5 heteroatoms. The van der Waals surface area contributed by atoms with Crippen LogP contribution >= 0.6 is 0 Å². The number of ether oxygens (including phenoxy) is 1. The van der Waals surface area contributed by atoms with Crippen molar-refractivity contribution in [3.05, 3.63) is 101 Å². The SMILES string of the molecule is O=C(COc1ccc(C(=O)c2ccccc2)cc1)NCCc1ccccc1F. The van der Waals surface area contributed by atoms with Crippen molar-refractivity contribution in [1.29, 1.82) is 0 Å². The van der Waals surface area contributed by atoms with Crippen molar-refractivity contribution < 1.29 is 18.7 Å². The summed E-state index contributed by atoms with van der Waals surface area (Å²) < 4.78 is 19.0. The van der Waals surface area contributed by atoms with Crippen LogP contribution in [0.3, 0.4) is 0 Å². The molecule has 142 valence electrons. The summed E-state index contributed by atoms with van der Waals surface area (Å²) in [4.78, 5) is 24.2. The van der Waals surface area contributed by atoms with Crippen molar-refractivity contribution in [3.8, 4) is 5.75 Å². The lowest BCUT2D eigenvalue weighted by Crippen LogP contribution is -2.30. The van der Waals surface area contributed by atoms with Gasteiger partial charge in [0.05, 0.1) is 0 Å². The summed E-state index contributed by atoms with van der Waals surface area (Å²) in [5.41, 5.74) is 1.72. The Bertz CT molecular complexity index is 940. The molecular formula is C23H20FNO3. The first-order chi connectivity index (χ1) is 13.6. The first-order valence-corrected chi connectivity index (χ1v) is 8.96. The first kappa shape index (κ1) is 19.3. The third kappa shape index (κ3) is 5.27. The van der Waals surface area contributed by atoms with Gasteiger partial charge in [-0.1, -0.05) is 48.5 Å². The van der Waals surface area contributed by atoms with Crippen molar-refractivity contribution >= 4 is 11.7 Å². The number of carbonyl (C=O) groups is 2. The van der Waals surface area contributed by atoms with Crippen LogP contribution in [0.15, 0.2) is 78.9 Å². The largest absolute Gasteiger partial charge is 0.484 e. The Labute approximate surface area is 163 Å². The number of hydrogen-bond donors (Lipinski definition) is 1. The Morgan fingerprint density at radius 1 is 0.821 bits per heavy atom. The molecule has 28 heavy (non-hydrogen) atoms. The molecule has 0 unspecified atom stereocenters. The highest BCUT2D eigenvalue weighted by molar-refractivity contribution is 6.08. The van der Waals surface area contributed by atoms with Gasteiger partial charge in [-0.15, -0.1) is 0 Å². The zero-order valence-electron chi connectivity index (χ0n) is 15.2. The minimum Gasteiger partial charge on any atom is -0.484 e. The highest BCUT2D eigenvalue weighted by Crippen LogP contribution is 2.15. The van der Waals surface area contributed by atoms with Gasteiger partial charge in [-0.2, -0.15) is 0 Å². The fourth-order valence-corrected chi connectivity index (χ4v) is 2.70. The lowest BCUT2D eigenvalue weighted by Gasteiger charge is -2.08. The fraction of sp³-hybridized carbons (Fsp3) is 0.130. The van der Waals surface area contributed by atoms with E-state index in [1.54, 1.807) is 54.6 Å². The Kier molecular flexibility index (Phi) is 6.52. The number of benzene rings is 3. The van der Waals surface area contributed by atoms with E-state index in [-0.39, 0.29) is 24.1 Å². The second kappa shape index (κ2) is 9.46. The van der Waals surface area contributed by atoms with Gasteiger partial charge in [0.15, 0.2) is 12.4 Å². The average Bonchev–Trinajstić information content (AvgIpc) is 2.74. The predicted molar refractivity (Wildman–Crippen MR) is 105 cm³/mol. The Hall–Kier alpha value is -3.47. The van der Waals surface area contributed by atoms with Gasteiger partial charge in [-0.3, -0.25) is 9.59 Å². The molecule has 0 aromatic heterocycles.